The molecule has 2 N–H and O–H groups in total. The van der Waals surface area contributed by atoms with Crippen molar-refractivity contribution < 1.29 is 9.53 Å². The summed E-state index contributed by atoms with van der Waals surface area (Å²) in [5.41, 5.74) is 4.75. The van der Waals surface area contributed by atoms with Gasteiger partial charge in [-0.2, -0.15) is 0 Å². The van der Waals surface area contributed by atoms with Gasteiger partial charge in [0.15, 0.2) is 0 Å². The molecule has 0 aromatic rings. The molecule has 0 aliphatic heterocycles. The van der Waals surface area contributed by atoms with Gasteiger partial charge >= 0.3 is 5.97 Å². The fraction of sp³-hybridized carbons (Fsp3) is 0.929. The first-order valence-electron chi connectivity index (χ1n) is 6.31. The Morgan fingerprint density at radius 1 is 1.18 bits per heavy atom. The number of carbonyl (C=O) groups excluding carboxylic acids is 1. The van der Waals surface area contributed by atoms with E-state index >= 15 is 0 Å². The monoisotopic (exact) mass is 241 g/mol. The quantitative estimate of drug-likeness (QED) is 0.756. The van der Waals surface area contributed by atoms with E-state index in [1.165, 1.54) is 0 Å². The number of rotatable bonds is 2. The average molecular weight is 241 g/mol. The second-order valence-electron chi connectivity index (χ2n) is 7.33. The van der Waals surface area contributed by atoms with Crippen molar-refractivity contribution in [2.24, 2.45) is 22.5 Å². The summed E-state index contributed by atoms with van der Waals surface area (Å²) in [6.45, 7) is 15.8. The first kappa shape index (κ1) is 14.5. The number of carbonyl (C=O) groups is 1. The predicted molar refractivity (Wildman–Crippen MR) is 69.5 cm³/mol. The lowest BCUT2D eigenvalue weighted by molar-refractivity contribution is -0.170. The molecule has 0 radical (unpaired) electrons. The Kier molecular flexibility index (Phi) is 2.96. The van der Waals surface area contributed by atoms with Gasteiger partial charge in [-0.15, -0.1) is 0 Å². The van der Waals surface area contributed by atoms with E-state index in [0.717, 1.165) is 0 Å². The zero-order valence-corrected chi connectivity index (χ0v) is 12.5. The molecule has 1 fully saturated rings. The smallest absolute Gasteiger partial charge is 0.312 e. The minimum atomic E-state index is -0.566. The first-order valence-corrected chi connectivity index (χ1v) is 6.31. The van der Waals surface area contributed by atoms with E-state index in [9.17, 15) is 4.79 Å². The van der Waals surface area contributed by atoms with Crippen molar-refractivity contribution in [3.05, 3.63) is 0 Å². The van der Waals surface area contributed by atoms with Gasteiger partial charge in [0.05, 0.1) is 5.41 Å². The maximum atomic E-state index is 12.3. The zero-order valence-electron chi connectivity index (χ0n) is 12.5. The Balaban J connectivity index is 2.95. The standard InChI is InChI=1S/C14H27NO2/c1-9-13(7,14(9,8)15)12(5,6)10(16)17-11(2,3)4/h9H,15H2,1-8H3. The number of esters is 1. The number of ether oxygens (including phenoxy) is 1. The summed E-state index contributed by atoms with van der Waals surface area (Å²) in [5.74, 6) is 0.158. The van der Waals surface area contributed by atoms with Gasteiger partial charge in [0, 0.05) is 11.0 Å². The third-order valence-electron chi connectivity index (χ3n) is 5.01. The second-order valence-corrected chi connectivity index (χ2v) is 7.33. The normalized spacial score (nSPS) is 37.8. The molecule has 0 amide bonds. The highest BCUT2D eigenvalue weighted by Crippen LogP contribution is 2.68. The molecule has 0 spiro atoms. The second kappa shape index (κ2) is 3.47. The van der Waals surface area contributed by atoms with Crippen molar-refractivity contribution in [2.75, 3.05) is 0 Å². The Morgan fingerprint density at radius 2 is 1.53 bits per heavy atom. The van der Waals surface area contributed by atoms with E-state index in [0.29, 0.717) is 5.92 Å². The van der Waals surface area contributed by atoms with Crippen LogP contribution in [0.5, 0.6) is 0 Å². The van der Waals surface area contributed by atoms with Crippen molar-refractivity contribution >= 4 is 5.97 Å². The minimum absolute atomic E-state index is 0.159. The van der Waals surface area contributed by atoms with Crippen LogP contribution in [-0.4, -0.2) is 17.1 Å². The van der Waals surface area contributed by atoms with Gasteiger partial charge in [-0.25, -0.2) is 0 Å². The van der Waals surface area contributed by atoms with E-state index in [4.69, 9.17) is 10.5 Å². The SMILES string of the molecule is CC1C(C)(N)C1(C)C(C)(C)C(=O)OC(C)(C)C. The molecule has 17 heavy (non-hydrogen) atoms. The van der Waals surface area contributed by atoms with Crippen LogP contribution in [0, 0.1) is 16.7 Å². The molecule has 0 heterocycles. The molecule has 1 rings (SSSR count). The van der Waals surface area contributed by atoms with Gasteiger partial charge < -0.3 is 10.5 Å². The highest BCUT2D eigenvalue weighted by atomic mass is 16.6. The molecule has 1 aliphatic rings. The lowest BCUT2D eigenvalue weighted by atomic mass is 9.73. The molecule has 3 heteroatoms. The van der Waals surface area contributed by atoms with E-state index in [-0.39, 0.29) is 16.9 Å². The first-order chi connectivity index (χ1) is 7.28. The van der Waals surface area contributed by atoms with Crippen LogP contribution >= 0.6 is 0 Å². The van der Waals surface area contributed by atoms with Crippen LogP contribution < -0.4 is 5.73 Å². The topological polar surface area (TPSA) is 52.3 Å². The zero-order chi connectivity index (χ0) is 13.9. The molecule has 3 atom stereocenters. The molecular formula is C14H27NO2. The summed E-state index contributed by atoms with van der Waals surface area (Å²) < 4.78 is 5.52. The van der Waals surface area contributed by atoms with Crippen LogP contribution in [0.15, 0.2) is 0 Å². The van der Waals surface area contributed by atoms with Crippen molar-refractivity contribution in [3.63, 3.8) is 0 Å². The summed E-state index contributed by atoms with van der Waals surface area (Å²) in [5, 5.41) is 0. The molecule has 100 valence electrons. The third-order valence-corrected chi connectivity index (χ3v) is 5.01. The molecule has 1 saturated carbocycles. The predicted octanol–water partition coefficient (Wildman–Crippen LogP) is 2.73. The Labute approximate surface area is 105 Å². The summed E-state index contributed by atoms with van der Waals surface area (Å²) in [4.78, 5) is 12.3. The number of nitrogens with two attached hydrogens (primary N) is 1. The van der Waals surface area contributed by atoms with Gasteiger partial charge in [-0.05, 0) is 47.5 Å². The van der Waals surface area contributed by atoms with Crippen molar-refractivity contribution in [2.45, 2.75) is 66.5 Å². The molecule has 0 bridgehead atoms. The lowest BCUT2D eigenvalue weighted by Crippen LogP contribution is -2.44. The van der Waals surface area contributed by atoms with Crippen LogP contribution in [0.2, 0.25) is 0 Å². The maximum Gasteiger partial charge on any atom is 0.312 e. The summed E-state index contributed by atoms with van der Waals surface area (Å²) in [7, 11) is 0. The van der Waals surface area contributed by atoms with E-state index in [1.54, 1.807) is 0 Å². The Bertz CT molecular complexity index is 339. The number of hydrogen-bond acceptors (Lipinski definition) is 3. The van der Waals surface area contributed by atoms with E-state index < -0.39 is 11.0 Å². The van der Waals surface area contributed by atoms with Gasteiger partial charge in [0.2, 0.25) is 0 Å². The summed E-state index contributed by atoms with van der Waals surface area (Å²) in [6.07, 6.45) is 0. The van der Waals surface area contributed by atoms with E-state index in [2.05, 4.69) is 13.8 Å². The fourth-order valence-electron chi connectivity index (χ4n) is 2.92. The van der Waals surface area contributed by atoms with Crippen LogP contribution in [0.4, 0.5) is 0 Å². The molecular weight excluding hydrogens is 214 g/mol. The van der Waals surface area contributed by atoms with Gasteiger partial charge in [0.1, 0.15) is 5.60 Å². The van der Waals surface area contributed by atoms with Crippen molar-refractivity contribution in [3.8, 4) is 0 Å². The van der Waals surface area contributed by atoms with Crippen LogP contribution in [0.3, 0.4) is 0 Å². The van der Waals surface area contributed by atoms with Crippen LogP contribution in [0.1, 0.15) is 55.4 Å². The molecule has 3 nitrogen and oxygen atoms in total. The van der Waals surface area contributed by atoms with Gasteiger partial charge in [0.25, 0.3) is 0 Å². The lowest BCUT2D eigenvalue weighted by Gasteiger charge is -2.35. The van der Waals surface area contributed by atoms with E-state index in [1.807, 2.05) is 41.5 Å². The summed E-state index contributed by atoms with van der Waals surface area (Å²) in [6, 6.07) is 0. The Morgan fingerprint density at radius 3 is 1.76 bits per heavy atom. The van der Waals surface area contributed by atoms with Crippen molar-refractivity contribution in [1.82, 2.24) is 0 Å². The highest BCUT2D eigenvalue weighted by Gasteiger charge is 2.74. The maximum absolute atomic E-state index is 12.3. The highest BCUT2D eigenvalue weighted by molar-refractivity contribution is 5.79. The van der Waals surface area contributed by atoms with Crippen LogP contribution in [0.25, 0.3) is 0 Å². The van der Waals surface area contributed by atoms with Crippen molar-refractivity contribution in [1.29, 1.82) is 0 Å². The number of hydrogen-bond donors (Lipinski definition) is 1. The van der Waals surface area contributed by atoms with Crippen LogP contribution in [-0.2, 0) is 9.53 Å². The molecule has 0 aromatic carbocycles. The average Bonchev–Trinajstić information content (AvgIpc) is 2.48. The van der Waals surface area contributed by atoms with Gasteiger partial charge in [-0.3, -0.25) is 4.79 Å². The fourth-order valence-corrected chi connectivity index (χ4v) is 2.92. The minimum Gasteiger partial charge on any atom is -0.460 e. The molecule has 0 aromatic heterocycles. The largest absolute Gasteiger partial charge is 0.460 e. The Hall–Kier alpha value is -0.570. The van der Waals surface area contributed by atoms with Gasteiger partial charge in [-0.1, -0.05) is 13.8 Å². The molecule has 0 saturated heterocycles. The summed E-state index contributed by atoms with van der Waals surface area (Å²) >= 11 is 0. The molecule has 3 unspecified atom stereocenters. The molecule has 1 aliphatic carbocycles. The third kappa shape index (κ3) is 1.88.